The highest BCUT2D eigenvalue weighted by Crippen LogP contribution is 2.34. The van der Waals surface area contributed by atoms with E-state index in [9.17, 15) is 21.6 Å². The molecule has 0 N–H and O–H groups in total. The molecule has 0 atom stereocenters. The van der Waals surface area contributed by atoms with Crippen molar-refractivity contribution >= 4 is 15.7 Å². The number of sulfone groups is 1. The van der Waals surface area contributed by atoms with Gasteiger partial charge in [-0.15, -0.1) is 0 Å². The molecule has 0 amide bonds. The van der Waals surface area contributed by atoms with E-state index in [1.807, 2.05) is 0 Å². The fourth-order valence-corrected chi connectivity index (χ4v) is 2.93. The van der Waals surface area contributed by atoms with Crippen LogP contribution in [-0.2, 0) is 16.0 Å². The van der Waals surface area contributed by atoms with Gasteiger partial charge in [0.1, 0.15) is 11.6 Å². The quantitative estimate of drug-likeness (QED) is 0.681. The van der Waals surface area contributed by atoms with Crippen LogP contribution in [0.4, 0.5) is 19.0 Å². The summed E-state index contributed by atoms with van der Waals surface area (Å²) in [7, 11) is -1.72. The maximum Gasteiger partial charge on any atom is 0.419 e. The lowest BCUT2D eigenvalue weighted by Crippen LogP contribution is -2.24. The predicted octanol–water partition coefficient (Wildman–Crippen LogP) is 3.41. The summed E-state index contributed by atoms with van der Waals surface area (Å²) < 4.78 is 67.3. The van der Waals surface area contributed by atoms with E-state index in [0.717, 1.165) is 12.3 Å². The molecular weight excluding hydrogens is 369 g/mol. The van der Waals surface area contributed by atoms with E-state index in [1.165, 1.54) is 29.3 Å². The first-order valence-electron chi connectivity index (χ1n) is 7.75. The first kappa shape index (κ1) is 20.0. The number of hydrogen-bond donors (Lipinski definition) is 0. The second-order valence-corrected chi connectivity index (χ2v) is 7.76. The zero-order chi connectivity index (χ0) is 19.4. The summed E-state index contributed by atoms with van der Waals surface area (Å²) in [5.41, 5.74) is -0.778. The summed E-state index contributed by atoms with van der Waals surface area (Å²) >= 11 is 0. The van der Waals surface area contributed by atoms with Crippen molar-refractivity contribution in [3.8, 4) is 5.75 Å². The monoisotopic (exact) mass is 388 g/mol. The van der Waals surface area contributed by atoms with E-state index >= 15 is 0 Å². The van der Waals surface area contributed by atoms with Gasteiger partial charge >= 0.3 is 6.18 Å². The molecule has 1 heterocycles. The van der Waals surface area contributed by atoms with Gasteiger partial charge in [-0.05, 0) is 42.8 Å². The molecule has 2 rings (SSSR count). The number of benzene rings is 1. The normalized spacial score (nSPS) is 12.0. The molecule has 0 saturated heterocycles. The number of ether oxygens (including phenoxy) is 1. The molecule has 1 aromatic carbocycles. The van der Waals surface area contributed by atoms with E-state index in [2.05, 4.69) is 4.98 Å². The molecule has 5 nitrogen and oxygen atoms in total. The number of halogens is 3. The van der Waals surface area contributed by atoms with E-state index < -0.39 is 21.6 Å². The van der Waals surface area contributed by atoms with E-state index in [-0.39, 0.29) is 17.3 Å². The van der Waals surface area contributed by atoms with E-state index in [0.29, 0.717) is 18.7 Å². The Bertz CT molecular complexity index is 837. The predicted molar refractivity (Wildman–Crippen MR) is 92.2 cm³/mol. The lowest BCUT2D eigenvalue weighted by Gasteiger charge is -2.22. The van der Waals surface area contributed by atoms with Crippen LogP contribution >= 0.6 is 0 Å². The average molecular weight is 388 g/mol. The molecule has 1 aromatic heterocycles. The Labute approximate surface area is 150 Å². The molecule has 0 aliphatic rings. The fraction of sp³-hybridized carbons (Fsp3) is 0.353. The third-order valence-electron chi connectivity index (χ3n) is 3.61. The molecule has 0 aliphatic heterocycles. The van der Waals surface area contributed by atoms with Crippen LogP contribution in [-0.4, -0.2) is 39.9 Å². The maximum atomic E-state index is 13.0. The largest absolute Gasteiger partial charge is 0.494 e. The first-order valence-corrected chi connectivity index (χ1v) is 9.64. The van der Waals surface area contributed by atoms with Gasteiger partial charge in [0, 0.05) is 26.0 Å². The van der Waals surface area contributed by atoms with Crippen LogP contribution in [0.3, 0.4) is 0 Å². The molecule has 0 fully saturated rings. The van der Waals surface area contributed by atoms with Crippen LogP contribution in [0.25, 0.3) is 0 Å². The van der Waals surface area contributed by atoms with Crippen LogP contribution in [0.2, 0.25) is 0 Å². The van der Waals surface area contributed by atoms with Gasteiger partial charge in [-0.25, -0.2) is 13.4 Å². The Morgan fingerprint density at radius 3 is 2.38 bits per heavy atom. The van der Waals surface area contributed by atoms with Gasteiger partial charge in [0.05, 0.1) is 17.1 Å². The van der Waals surface area contributed by atoms with Crippen LogP contribution in [0.15, 0.2) is 47.5 Å². The third kappa shape index (κ3) is 5.35. The van der Waals surface area contributed by atoms with Crippen molar-refractivity contribution in [1.29, 1.82) is 0 Å². The van der Waals surface area contributed by atoms with Crippen molar-refractivity contribution in [3.63, 3.8) is 0 Å². The van der Waals surface area contributed by atoms with Crippen LogP contribution in [0.5, 0.6) is 5.75 Å². The maximum absolute atomic E-state index is 13.0. The molecule has 26 heavy (non-hydrogen) atoms. The van der Waals surface area contributed by atoms with Crippen molar-refractivity contribution in [2.24, 2.45) is 0 Å². The minimum absolute atomic E-state index is 0.127. The fourth-order valence-electron chi connectivity index (χ4n) is 2.30. The molecule has 142 valence electrons. The zero-order valence-electron chi connectivity index (χ0n) is 14.3. The van der Waals surface area contributed by atoms with Crippen molar-refractivity contribution in [1.82, 2.24) is 4.98 Å². The smallest absolute Gasteiger partial charge is 0.419 e. The Hall–Kier alpha value is -2.29. The van der Waals surface area contributed by atoms with Crippen molar-refractivity contribution in [2.75, 3.05) is 31.4 Å². The minimum atomic E-state index is -4.46. The summed E-state index contributed by atoms with van der Waals surface area (Å²) in [6, 6.07) is 8.23. The van der Waals surface area contributed by atoms with Crippen LogP contribution in [0, 0.1) is 0 Å². The number of aromatic nitrogens is 1. The molecule has 2 aromatic rings. The van der Waals surface area contributed by atoms with Crippen molar-refractivity contribution < 1.29 is 26.3 Å². The van der Waals surface area contributed by atoms with Gasteiger partial charge in [0.25, 0.3) is 0 Å². The molecule has 0 radical (unpaired) electrons. The highest BCUT2D eigenvalue weighted by Gasteiger charge is 2.34. The lowest BCUT2D eigenvalue weighted by molar-refractivity contribution is -0.137. The second kappa shape index (κ2) is 7.94. The summed E-state index contributed by atoms with van der Waals surface area (Å²) in [4.78, 5) is 5.45. The number of anilines is 1. The van der Waals surface area contributed by atoms with Gasteiger partial charge in [-0.2, -0.15) is 13.2 Å². The van der Waals surface area contributed by atoms with Gasteiger partial charge < -0.3 is 9.64 Å². The lowest BCUT2D eigenvalue weighted by atomic mass is 10.2. The highest BCUT2D eigenvalue weighted by molar-refractivity contribution is 7.90. The van der Waals surface area contributed by atoms with Gasteiger partial charge in [-0.1, -0.05) is 0 Å². The second-order valence-electron chi connectivity index (χ2n) is 5.74. The van der Waals surface area contributed by atoms with Gasteiger partial charge in [0.15, 0.2) is 9.84 Å². The van der Waals surface area contributed by atoms with E-state index in [1.54, 1.807) is 19.2 Å². The zero-order valence-corrected chi connectivity index (χ0v) is 15.1. The first-order chi connectivity index (χ1) is 12.1. The number of alkyl halides is 3. The summed E-state index contributed by atoms with van der Waals surface area (Å²) in [5, 5.41) is 0. The topological polar surface area (TPSA) is 59.5 Å². The number of nitrogens with zero attached hydrogens (tertiary/aromatic N) is 2. The Kier molecular flexibility index (Phi) is 6.12. The average Bonchev–Trinajstić information content (AvgIpc) is 2.57. The molecule has 0 spiro atoms. The minimum Gasteiger partial charge on any atom is -0.494 e. The van der Waals surface area contributed by atoms with E-state index in [4.69, 9.17) is 4.74 Å². The highest BCUT2D eigenvalue weighted by atomic mass is 32.2. The van der Waals surface area contributed by atoms with Crippen molar-refractivity contribution in [3.05, 3.63) is 48.2 Å². The Morgan fingerprint density at radius 1 is 1.15 bits per heavy atom. The summed E-state index contributed by atoms with van der Waals surface area (Å²) in [5.74, 6) is 0.367. The van der Waals surface area contributed by atoms with Crippen molar-refractivity contribution in [2.45, 2.75) is 17.5 Å². The molecule has 0 saturated carbocycles. The van der Waals surface area contributed by atoms with Gasteiger partial charge in [0.2, 0.25) is 0 Å². The van der Waals surface area contributed by atoms with Gasteiger partial charge in [-0.3, -0.25) is 0 Å². The third-order valence-corrected chi connectivity index (χ3v) is 4.74. The Morgan fingerprint density at radius 2 is 1.81 bits per heavy atom. The molecular formula is C17H19F3N2O3S. The summed E-state index contributed by atoms with van der Waals surface area (Å²) in [6.07, 6.45) is -1.56. The SMILES string of the molecule is CN(CCCOc1ccc(S(C)(=O)=O)cc1)c1ncccc1C(F)(F)F. The number of hydrogen-bond acceptors (Lipinski definition) is 5. The molecule has 0 unspecified atom stereocenters. The molecule has 0 bridgehead atoms. The number of pyridine rings is 1. The van der Waals surface area contributed by atoms with Crippen LogP contribution < -0.4 is 9.64 Å². The molecule has 9 heteroatoms. The Balaban J connectivity index is 1.89. The standard InChI is InChI=1S/C17H19F3N2O3S/c1-22(16-15(17(18,19)20)5-3-10-21-16)11-4-12-25-13-6-8-14(9-7-13)26(2,23)24/h3,5-10H,4,11-12H2,1-2H3. The van der Waals surface area contributed by atoms with Crippen LogP contribution in [0.1, 0.15) is 12.0 Å². The summed E-state index contributed by atoms with van der Waals surface area (Å²) in [6.45, 7) is 0.595. The molecule has 0 aliphatic carbocycles. The number of rotatable bonds is 7.